The molecule has 6 heteroatoms. The number of nitrogens with one attached hydrogen (secondary N) is 1. The highest BCUT2D eigenvalue weighted by Crippen LogP contribution is 2.17. The molecule has 5 nitrogen and oxygen atoms in total. The molecule has 19 heavy (non-hydrogen) atoms. The van der Waals surface area contributed by atoms with E-state index in [1.165, 1.54) is 6.26 Å². The molecule has 0 saturated heterocycles. The summed E-state index contributed by atoms with van der Waals surface area (Å²) < 4.78 is 33.5. The second kappa shape index (κ2) is 7.47. The lowest BCUT2D eigenvalue weighted by Gasteiger charge is -2.18. The summed E-state index contributed by atoms with van der Waals surface area (Å²) in [6.07, 6.45) is 1.08. The quantitative estimate of drug-likeness (QED) is 0.775. The predicted molar refractivity (Wildman–Crippen MR) is 74.4 cm³/mol. The lowest BCUT2D eigenvalue weighted by Crippen LogP contribution is -2.34. The summed E-state index contributed by atoms with van der Waals surface area (Å²) in [5.41, 5.74) is 0. The van der Waals surface area contributed by atoms with E-state index in [-0.39, 0.29) is 11.0 Å². The molecule has 1 atom stereocenters. The van der Waals surface area contributed by atoms with Gasteiger partial charge in [0, 0.05) is 19.9 Å². The van der Waals surface area contributed by atoms with Crippen LogP contribution < -0.4 is 10.1 Å². The Labute approximate surface area is 114 Å². The van der Waals surface area contributed by atoms with Crippen LogP contribution >= 0.6 is 0 Å². The summed E-state index contributed by atoms with van der Waals surface area (Å²) in [5.74, 6) is 0.632. The molecule has 0 aliphatic heterocycles. The highest BCUT2D eigenvalue weighted by molar-refractivity contribution is 7.90. The molecule has 1 rings (SSSR count). The van der Waals surface area contributed by atoms with Gasteiger partial charge in [-0.2, -0.15) is 0 Å². The van der Waals surface area contributed by atoms with Crippen molar-refractivity contribution < 1.29 is 17.9 Å². The zero-order valence-corrected chi connectivity index (χ0v) is 12.4. The monoisotopic (exact) mass is 287 g/mol. The standard InChI is InChI=1S/C13H21NO4S/c1-4-14-9-12(10-17-2)18-11-5-7-13(8-6-11)19(3,15)16/h5-8,12,14H,4,9-10H2,1-3H3. The molecular weight excluding hydrogens is 266 g/mol. The molecule has 0 fully saturated rings. The molecule has 0 heterocycles. The van der Waals surface area contributed by atoms with Crippen LogP contribution in [-0.2, 0) is 14.6 Å². The van der Waals surface area contributed by atoms with Gasteiger partial charge < -0.3 is 14.8 Å². The SMILES string of the molecule is CCNCC(COC)Oc1ccc(S(C)(=O)=O)cc1. The minimum absolute atomic E-state index is 0.103. The van der Waals surface area contributed by atoms with E-state index in [1.54, 1.807) is 31.4 Å². The molecule has 0 radical (unpaired) electrons. The van der Waals surface area contributed by atoms with Crippen molar-refractivity contribution in [3.63, 3.8) is 0 Å². The van der Waals surface area contributed by atoms with Gasteiger partial charge in [0.25, 0.3) is 0 Å². The second-order valence-corrected chi connectivity index (χ2v) is 6.26. The van der Waals surface area contributed by atoms with Gasteiger partial charge in [0.05, 0.1) is 11.5 Å². The maximum Gasteiger partial charge on any atom is 0.175 e. The van der Waals surface area contributed by atoms with Gasteiger partial charge in [-0.05, 0) is 30.8 Å². The van der Waals surface area contributed by atoms with Crippen LogP contribution in [0.2, 0.25) is 0 Å². The van der Waals surface area contributed by atoms with Crippen LogP contribution in [0.15, 0.2) is 29.2 Å². The van der Waals surface area contributed by atoms with Crippen molar-refractivity contribution in [2.24, 2.45) is 0 Å². The van der Waals surface area contributed by atoms with Crippen molar-refractivity contribution in [3.05, 3.63) is 24.3 Å². The van der Waals surface area contributed by atoms with Crippen LogP contribution in [0.5, 0.6) is 5.75 Å². The number of hydrogen-bond acceptors (Lipinski definition) is 5. The van der Waals surface area contributed by atoms with Crippen molar-refractivity contribution in [1.29, 1.82) is 0 Å². The number of benzene rings is 1. The molecule has 1 aromatic rings. The summed E-state index contributed by atoms with van der Waals surface area (Å²) in [5, 5.41) is 3.19. The van der Waals surface area contributed by atoms with Crippen LogP contribution in [0.25, 0.3) is 0 Å². The average molecular weight is 287 g/mol. The lowest BCUT2D eigenvalue weighted by atomic mass is 10.3. The molecular formula is C13H21NO4S. The molecule has 1 unspecified atom stereocenters. The Morgan fingerprint density at radius 1 is 1.26 bits per heavy atom. The molecule has 108 valence electrons. The van der Waals surface area contributed by atoms with Gasteiger partial charge in [-0.15, -0.1) is 0 Å². The number of sulfone groups is 1. The lowest BCUT2D eigenvalue weighted by molar-refractivity contribution is 0.0809. The molecule has 1 N–H and O–H groups in total. The van der Waals surface area contributed by atoms with E-state index in [2.05, 4.69) is 5.32 Å². The minimum atomic E-state index is -3.17. The first-order valence-corrected chi connectivity index (χ1v) is 8.03. The maximum atomic E-state index is 11.3. The third kappa shape index (κ3) is 5.59. The Balaban J connectivity index is 2.69. The van der Waals surface area contributed by atoms with Crippen molar-refractivity contribution in [2.75, 3.05) is 33.1 Å². The van der Waals surface area contributed by atoms with Crippen molar-refractivity contribution >= 4 is 9.84 Å². The van der Waals surface area contributed by atoms with Gasteiger partial charge in [-0.3, -0.25) is 0 Å². The molecule has 0 aliphatic carbocycles. The number of hydrogen-bond donors (Lipinski definition) is 1. The first-order valence-electron chi connectivity index (χ1n) is 6.13. The van der Waals surface area contributed by atoms with E-state index in [0.717, 1.165) is 6.54 Å². The van der Waals surface area contributed by atoms with Gasteiger partial charge >= 0.3 is 0 Å². The largest absolute Gasteiger partial charge is 0.487 e. The summed E-state index contributed by atoms with van der Waals surface area (Å²) >= 11 is 0. The topological polar surface area (TPSA) is 64.6 Å². The first kappa shape index (κ1) is 15.9. The third-order valence-electron chi connectivity index (χ3n) is 2.53. The van der Waals surface area contributed by atoms with E-state index in [9.17, 15) is 8.42 Å². The van der Waals surface area contributed by atoms with E-state index in [1.807, 2.05) is 6.92 Å². The zero-order chi connectivity index (χ0) is 14.3. The number of ether oxygens (including phenoxy) is 2. The van der Waals surface area contributed by atoms with Crippen LogP contribution in [0, 0.1) is 0 Å². The van der Waals surface area contributed by atoms with Gasteiger partial charge in [-0.1, -0.05) is 6.92 Å². The fraction of sp³-hybridized carbons (Fsp3) is 0.538. The Bertz CT molecular complexity index is 470. The van der Waals surface area contributed by atoms with E-state index >= 15 is 0 Å². The van der Waals surface area contributed by atoms with E-state index in [4.69, 9.17) is 9.47 Å². The molecule has 0 spiro atoms. The highest BCUT2D eigenvalue weighted by atomic mass is 32.2. The van der Waals surface area contributed by atoms with Crippen LogP contribution in [0.4, 0.5) is 0 Å². The Hall–Kier alpha value is -1.11. The molecule has 0 saturated carbocycles. The normalized spacial score (nSPS) is 13.2. The molecule has 0 bridgehead atoms. The van der Waals surface area contributed by atoms with Crippen LogP contribution in [0.1, 0.15) is 6.92 Å². The van der Waals surface area contributed by atoms with E-state index in [0.29, 0.717) is 18.9 Å². The summed E-state index contributed by atoms with van der Waals surface area (Å²) in [6.45, 7) is 4.03. The zero-order valence-electron chi connectivity index (χ0n) is 11.5. The fourth-order valence-corrected chi connectivity index (χ4v) is 2.21. The Morgan fingerprint density at radius 3 is 2.37 bits per heavy atom. The summed E-state index contributed by atoms with van der Waals surface area (Å²) in [4.78, 5) is 0.287. The summed E-state index contributed by atoms with van der Waals surface area (Å²) in [6, 6.07) is 6.40. The number of likely N-dealkylation sites (N-methyl/N-ethyl adjacent to an activating group) is 1. The molecule has 0 aliphatic rings. The molecule has 1 aromatic carbocycles. The van der Waals surface area contributed by atoms with Crippen LogP contribution in [0.3, 0.4) is 0 Å². The third-order valence-corrected chi connectivity index (χ3v) is 3.66. The Morgan fingerprint density at radius 2 is 1.89 bits per heavy atom. The van der Waals surface area contributed by atoms with E-state index < -0.39 is 9.84 Å². The smallest absolute Gasteiger partial charge is 0.175 e. The van der Waals surface area contributed by atoms with Crippen LogP contribution in [-0.4, -0.2) is 47.6 Å². The number of methoxy groups -OCH3 is 1. The summed E-state index contributed by atoms with van der Waals surface area (Å²) in [7, 11) is -1.54. The maximum absolute atomic E-state index is 11.3. The average Bonchev–Trinajstić information content (AvgIpc) is 2.36. The minimum Gasteiger partial charge on any atom is -0.487 e. The van der Waals surface area contributed by atoms with Gasteiger partial charge in [0.15, 0.2) is 9.84 Å². The van der Waals surface area contributed by atoms with Gasteiger partial charge in [0.1, 0.15) is 11.9 Å². The highest BCUT2D eigenvalue weighted by Gasteiger charge is 2.11. The molecule has 0 amide bonds. The fourth-order valence-electron chi connectivity index (χ4n) is 1.58. The first-order chi connectivity index (χ1) is 8.97. The van der Waals surface area contributed by atoms with Crippen molar-refractivity contribution in [2.45, 2.75) is 17.9 Å². The van der Waals surface area contributed by atoms with Crippen molar-refractivity contribution in [1.82, 2.24) is 5.32 Å². The van der Waals surface area contributed by atoms with Gasteiger partial charge in [-0.25, -0.2) is 8.42 Å². The second-order valence-electron chi connectivity index (χ2n) is 4.25. The number of rotatable bonds is 8. The molecule has 0 aromatic heterocycles. The van der Waals surface area contributed by atoms with Crippen molar-refractivity contribution in [3.8, 4) is 5.75 Å². The predicted octanol–water partition coefficient (Wildman–Crippen LogP) is 1.09. The van der Waals surface area contributed by atoms with Gasteiger partial charge in [0.2, 0.25) is 0 Å². The Kier molecular flexibility index (Phi) is 6.27.